The average Bonchev–Trinajstić information content (AvgIpc) is 3.18. The molecule has 0 aliphatic carbocycles. The summed E-state index contributed by atoms with van der Waals surface area (Å²) in [5.41, 5.74) is 8.27. The number of carbonyl (C=O) groups is 4. The van der Waals surface area contributed by atoms with Crippen LogP contribution in [0.25, 0.3) is 0 Å². The Balaban J connectivity index is 0.000000395. The fourth-order valence-corrected chi connectivity index (χ4v) is 4.57. The van der Waals surface area contributed by atoms with E-state index in [4.69, 9.17) is 14.3 Å². The Bertz CT molecular complexity index is 1910. The predicted octanol–water partition coefficient (Wildman–Crippen LogP) is 7.62. The first-order valence-corrected chi connectivity index (χ1v) is 17.1. The molecule has 0 aliphatic rings. The van der Waals surface area contributed by atoms with E-state index in [1.165, 1.54) is 34.9 Å². The molecule has 0 aromatic heterocycles. The van der Waals surface area contributed by atoms with Crippen LogP contribution in [0.5, 0.6) is 11.5 Å². The minimum Gasteiger partial charge on any atom is -0.497 e. The van der Waals surface area contributed by atoms with Crippen LogP contribution in [0, 0.1) is 30.2 Å². The molecule has 1 atom stereocenters. The Kier molecular flexibility index (Phi) is 22.2. The summed E-state index contributed by atoms with van der Waals surface area (Å²) >= 11 is 0. The van der Waals surface area contributed by atoms with E-state index >= 15 is 0 Å². The number of anilines is 2. The molecule has 1 unspecified atom stereocenters. The first-order chi connectivity index (χ1) is 27.1. The van der Waals surface area contributed by atoms with Crippen molar-refractivity contribution in [3.63, 3.8) is 0 Å². The highest BCUT2D eigenvalue weighted by molar-refractivity contribution is 5.94. The standard InChI is InChI=1S/C17H15F2NO2.C9H11NO2.C9H13NO.C7H6F2.CH3NO/c1-11(14-8-15(18)10-16(19)9-14)20-17(22)13-4-2-3-12(7-13)5-6-21;1-10(7-11)8-3-5-9(12-2)6-4-8;1-10(2)8-4-6-9(11-3)7-5-8;1-5-2-6(8)4-7(9)3-5;2-1-3/h2-4,6-11H,5H2,1H3,(H,20,22);3-7H,1-2H3;4-7H,1-3H3;2-4H,1H3;1H,(H2,2,3). The molecule has 10 nitrogen and oxygen atoms in total. The van der Waals surface area contributed by atoms with Crippen molar-refractivity contribution in [1.29, 1.82) is 0 Å². The van der Waals surface area contributed by atoms with E-state index in [-0.39, 0.29) is 18.7 Å². The molecule has 0 radical (unpaired) electrons. The number of ether oxygens (including phenoxy) is 2. The van der Waals surface area contributed by atoms with Crippen LogP contribution in [-0.4, -0.2) is 60.4 Å². The van der Waals surface area contributed by atoms with E-state index in [2.05, 4.69) is 16.0 Å². The summed E-state index contributed by atoms with van der Waals surface area (Å²) in [5, 5.41) is 2.68. The number of methoxy groups -OCH3 is 2. The third kappa shape index (κ3) is 18.9. The fraction of sp³-hybridized carbons (Fsp3) is 0.209. The van der Waals surface area contributed by atoms with E-state index in [1.807, 2.05) is 62.6 Å². The lowest BCUT2D eigenvalue weighted by Crippen LogP contribution is -2.26. The van der Waals surface area contributed by atoms with E-state index in [0.717, 1.165) is 47.6 Å². The molecule has 14 heteroatoms. The number of nitrogens with two attached hydrogens (primary N) is 1. The van der Waals surface area contributed by atoms with E-state index in [0.29, 0.717) is 16.7 Å². The number of carbonyl (C=O) groups excluding carboxylic acids is 4. The number of benzene rings is 5. The summed E-state index contributed by atoms with van der Waals surface area (Å²) < 4.78 is 60.8. The van der Waals surface area contributed by atoms with Gasteiger partial charge in [-0.3, -0.25) is 14.4 Å². The summed E-state index contributed by atoms with van der Waals surface area (Å²) in [4.78, 5) is 45.2. The van der Waals surface area contributed by atoms with Crippen LogP contribution < -0.4 is 30.3 Å². The number of hydrogen-bond acceptors (Lipinski definition) is 7. The van der Waals surface area contributed by atoms with Crippen LogP contribution in [0.1, 0.15) is 40.0 Å². The second-order valence-corrected chi connectivity index (χ2v) is 12.1. The molecule has 5 rings (SSSR count). The summed E-state index contributed by atoms with van der Waals surface area (Å²) in [6, 6.07) is 27.9. The van der Waals surface area contributed by atoms with Gasteiger partial charge in [0.1, 0.15) is 41.1 Å². The van der Waals surface area contributed by atoms with Crippen molar-refractivity contribution < 1.29 is 46.2 Å². The van der Waals surface area contributed by atoms with Crippen molar-refractivity contribution in [2.24, 2.45) is 5.73 Å². The van der Waals surface area contributed by atoms with Gasteiger partial charge in [0.2, 0.25) is 12.8 Å². The number of rotatable bonds is 10. The first-order valence-electron chi connectivity index (χ1n) is 17.1. The van der Waals surface area contributed by atoms with Crippen molar-refractivity contribution >= 4 is 36.4 Å². The van der Waals surface area contributed by atoms with Gasteiger partial charge in [-0.05, 0) is 115 Å². The molecule has 3 N–H and O–H groups in total. The lowest BCUT2D eigenvalue weighted by atomic mass is 10.1. The second kappa shape index (κ2) is 26.2. The number of aldehydes is 1. The minimum absolute atomic E-state index is 0.228. The molecule has 0 bridgehead atoms. The van der Waals surface area contributed by atoms with Gasteiger partial charge in [0.25, 0.3) is 5.91 Å². The van der Waals surface area contributed by atoms with Crippen molar-refractivity contribution in [3.05, 3.63) is 155 Å². The monoisotopic (exact) mass is 792 g/mol. The molecule has 5 aromatic carbocycles. The summed E-state index contributed by atoms with van der Waals surface area (Å²) in [5.74, 6) is -1.10. The Labute approximate surface area is 330 Å². The zero-order valence-electron chi connectivity index (χ0n) is 32.8. The van der Waals surface area contributed by atoms with Crippen LogP contribution in [0.4, 0.5) is 28.9 Å². The van der Waals surface area contributed by atoms with Gasteiger partial charge in [0, 0.05) is 56.6 Å². The normalized spacial score (nSPS) is 10.0. The molecule has 3 amide bonds. The maximum atomic E-state index is 13.2. The molecular weight excluding hydrogens is 744 g/mol. The lowest BCUT2D eigenvalue weighted by molar-refractivity contribution is -0.108. The average molecular weight is 793 g/mol. The molecule has 5 aromatic rings. The molecule has 0 heterocycles. The van der Waals surface area contributed by atoms with Crippen LogP contribution in [0.2, 0.25) is 0 Å². The smallest absolute Gasteiger partial charge is 0.251 e. The Hall–Kier alpha value is -6.70. The van der Waals surface area contributed by atoms with Gasteiger partial charge in [-0.1, -0.05) is 12.1 Å². The number of nitrogens with zero attached hydrogens (tertiary/aromatic N) is 2. The Morgan fingerprint density at radius 1 is 0.719 bits per heavy atom. The molecule has 0 saturated heterocycles. The van der Waals surface area contributed by atoms with Gasteiger partial charge in [0.05, 0.1) is 20.3 Å². The Morgan fingerprint density at radius 3 is 1.58 bits per heavy atom. The van der Waals surface area contributed by atoms with Crippen LogP contribution >= 0.6 is 0 Å². The third-order valence-corrected chi connectivity index (χ3v) is 7.47. The number of aryl methyl sites for hydroxylation is 1. The summed E-state index contributed by atoms with van der Waals surface area (Å²) in [7, 11) is 9.02. The third-order valence-electron chi connectivity index (χ3n) is 7.47. The molecule has 57 heavy (non-hydrogen) atoms. The zero-order chi connectivity index (χ0) is 42.9. The Morgan fingerprint density at radius 2 is 1.18 bits per heavy atom. The quantitative estimate of drug-likeness (QED) is 0.110. The summed E-state index contributed by atoms with van der Waals surface area (Å²) in [6.07, 6.45) is 2.00. The molecule has 0 spiro atoms. The van der Waals surface area contributed by atoms with Crippen LogP contribution in [0.15, 0.2) is 109 Å². The topological polar surface area (TPSA) is 131 Å². The van der Waals surface area contributed by atoms with E-state index in [1.54, 1.807) is 59.4 Å². The number of halogens is 4. The molecule has 0 saturated carbocycles. The minimum atomic E-state index is -0.691. The lowest BCUT2D eigenvalue weighted by Gasteiger charge is -2.15. The predicted molar refractivity (Wildman–Crippen MR) is 215 cm³/mol. The van der Waals surface area contributed by atoms with Gasteiger partial charge >= 0.3 is 0 Å². The first kappa shape index (κ1) is 48.3. The molecule has 304 valence electrons. The highest BCUT2D eigenvalue weighted by atomic mass is 19.1. The fourth-order valence-electron chi connectivity index (χ4n) is 4.57. The maximum Gasteiger partial charge on any atom is 0.251 e. The van der Waals surface area contributed by atoms with Crippen molar-refractivity contribution in [3.8, 4) is 11.5 Å². The largest absolute Gasteiger partial charge is 0.497 e. The second-order valence-electron chi connectivity index (χ2n) is 12.1. The summed E-state index contributed by atoms with van der Waals surface area (Å²) in [6.45, 7) is 3.29. The van der Waals surface area contributed by atoms with Crippen LogP contribution in [0.3, 0.4) is 0 Å². The molecular formula is C43H48F4N4O6. The highest BCUT2D eigenvalue weighted by Gasteiger charge is 2.13. The zero-order valence-corrected chi connectivity index (χ0v) is 32.8. The number of hydrogen-bond donors (Lipinski definition) is 2. The van der Waals surface area contributed by atoms with E-state index < -0.39 is 29.3 Å². The van der Waals surface area contributed by atoms with Gasteiger partial charge in [0.15, 0.2) is 0 Å². The van der Waals surface area contributed by atoms with Crippen molar-refractivity contribution in [1.82, 2.24) is 5.32 Å². The molecule has 0 aliphatic heterocycles. The SMILES string of the molecule is CC(NC(=O)c1cccc(CC=O)c1)c1cc(F)cc(F)c1.COc1ccc(N(C)C)cc1.COc1ccc(N(C)C=O)cc1.Cc1cc(F)cc(F)c1.NC=O. The highest BCUT2D eigenvalue weighted by Crippen LogP contribution is 2.19. The van der Waals surface area contributed by atoms with E-state index in [9.17, 15) is 31.9 Å². The van der Waals surface area contributed by atoms with Gasteiger partial charge in [-0.25, -0.2) is 17.6 Å². The van der Waals surface area contributed by atoms with Gasteiger partial charge in [-0.2, -0.15) is 0 Å². The van der Waals surface area contributed by atoms with Gasteiger partial charge in [-0.15, -0.1) is 0 Å². The number of nitrogens with one attached hydrogen (secondary N) is 1. The van der Waals surface area contributed by atoms with Crippen molar-refractivity contribution in [2.45, 2.75) is 26.3 Å². The van der Waals surface area contributed by atoms with Crippen LogP contribution in [-0.2, 0) is 20.8 Å². The maximum absolute atomic E-state index is 13.2. The van der Waals surface area contributed by atoms with Crippen molar-refractivity contribution in [2.75, 3.05) is 45.2 Å². The number of amides is 3. The van der Waals surface area contributed by atoms with Gasteiger partial charge < -0.3 is 35.1 Å². The number of primary amides is 1. The molecule has 0 fully saturated rings.